The number of hydrogen-bond acceptors (Lipinski definition) is 4. The second-order valence-corrected chi connectivity index (χ2v) is 8.38. The van der Waals surface area contributed by atoms with Gasteiger partial charge in [0.2, 0.25) is 5.91 Å². The summed E-state index contributed by atoms with van der Waals surface area (Å²) in [7, 11) is 1.66. The van der Waals surface area contributed by atoms with Crippen LogP contribution < -0.4 is 20.3 Å². The molecule has 0 aromatic heterocycles. The van der Waals surface area contributed by atoms with Crippen LogP contribution in [0.15, 0.2) is 48.5 Å². The number of methoxy groups -OCH3 is 1. The normalized spacial score (nSPS) is 16.6. The maximum Gasteiger partial charge on any atom is 0.253 e. The van der Waals surface area contributed by atoms with Gasteiger partial charge < -0.3 is 20.3 Å². The number of nitrogens with zero attached hydrogens (tertiary/aromatic N) is 1. The number of benzene rings is 2. The summed E-state index contributed by atoms with van der Waals surface area (Å²) < 4.78 is 5.39. The Balaban J connectivity index is 1.32. The predicted octanol–water partition coefficient (Wildman–Crippen LogP) is 3.16. The molecule has 0 unspecified atom stereocenters. The number of piperidine rings is 1. The smallest absolute Gasteiger partial charge is 0.253 e. The Morgan fingerprint density at radius 1 is 1.00 bits per heavy atom. The number of para-hydroxylation sites is 2. The first-order valence-corrected chi connectivity index (χ1v) is 11.2. The number of nitrogens with one attached hydrogen (secondary N) is 2. The highest BCUT2D eigenvalue weighted by molar-refractivity contribution is 5.99. The zero-order valence-electron chi connectivity index (χ0n) is 18.1. The van der Waals surface area contributed by atoms with E-state index in [0.717, 1.165) is 55.8 Å². The minimum absolute atomic E-state index is 0.0605. The molecule has 1 aliphatic heterocycles. The maximum atomic E-state index is 12.9. The van der Waals surface area contributed by atoms with Crippen molar-refractivity contribution in [2.24, 2.45) is 5.92 Å². The fourth-order valence-electron chi connectivity index (χ4n) is 4.19. The number of carbonyl (C=O) groups excluding carboxylic acids is 2. The summed E-state index contributed by atoms with van der Waals surface area (Å²) in [4.78, 5) is 27.2. The lowest BCUT2D eigenvalue weighted by Crippen LogP contribution is -2.45. The van der Waals surface area contributed by atoms with Crippen molar-refractivity contribution in [3.8, 4) is 5.75 Å². The maximum absolute atomic E-state index is 12.9. The molecule has 2 aromatic rings. The summed E-state index contributed by atoms with van der Waals surface area (Å²) in [5, 5.41) is 6.24. The third-order valence-corrected chi connectivity index (χ3v) is 6.15. The standard InChI is InChI=1S/C25H31N3O3/c1-31-23-9-5-2-6-18(23)12-15-26-25(30)21-7-3-4-8-22(21)28-16-13-20(14-17-28)27-24(29)19-10-11-19/h2-9,19-20H,10-17H2,1H3,(H,26,30)(H,27,29). The highest BCUT2D eigenvalue weighted by Crippen LogP contribution is 2.30. The van der Waals surface area contributed by atoms with Crippen LogP contribution in [-0.4, -0.2) is 44.6 Å². The van der Waals surface area contributed by atoms with Gasteiger partial charge in [-0.15, -0.1) is 0 Å². The van der Waals surface area contributed by atoms with Crippen LogP contribution >= 0.6 is 0 Å². The van der Waals surface area contributed by atoms with Gasteiger partial charge in [-0.2, -0.15) is 0 Å². The number of anilines is 1. The average molecular weight is 422 g/mol. The van der Waals surface area contributed by atoms with Gasteiger partial charge in [0.1, 0.15) is 5.75 Å². The highest BCUT2D eigenvalue weighted by atomic mass is 16.5. The predicted molar refractivity (Wildman–Crippen MR) is 122 cm³/mol. The van der Waals surface area contributed by atoms with Crippen molar-refractivity contribution in [2.45, 2.75) is 38.1 Å². The molecular weight excluding hydrogens is 390 g/mol. The van der Waals surface area contributed by atoms with Crippen LogP contribution in [-0.2, 0) is 11.2 Å². The minimum Gasteiger partial charge on any atom is -0.496 e. The zero-order chi connectivity index (χ0) is 21.6. The molecule has 0 spiro atoms. The Morgan fingerprint density at radius 2 is 1.71 bits per heavy atom. The van der Waals surface area contributed by atoms with E-state index < -0.39 is 0 Å². The van der Waals surface area contributed by atoms with Gasteiger partial charge >= 0.3 is 0 Å². The van der Waals surface area contributed by atoms with Gasteiger partial charge in [-0.25, -0.2) is 0 Å². The van der Waals surface area contributed by atoms with E-state index in [9.17, 15) is 9.59 Å². The van der Waals surface area contributed by atoms with Crippen molar-refractivity contribution in [3.63, 3.8) is 0 Å². The average Bonchev–Trinajstić information content (AvgIpc) is 3.65. The van der Waals surface area contributed by atoms with Crippen molar-refractivity contribution >= 4 is 17.5 Å². The van der Waals surface area contributed by atoms with Crippen LogP contribution in [0.5, 0.6) is 5.75 Å². The van der Waals surface area contributed by atoms with Gasteiger partial charge in [-0.3, -0.25) is 9.59 Å². The molecule has 1 aliphatic carbocycles. The van der Waals surface area contributed by atoms with Crippen LogP contribution in [0.1, 0.15) is 41.6 Å². The van der Waals surface area contributed by atoms with E-state index in [0.29, 0.717) is 18.5 Å². The zero-order valence-corrected chi connectivity index (χ0v) is 18.1. The van der Waals surface area contributed by atoms with Crippen molar-refractivity contribution < 1.29 is 14.3 Å². The quantitative estimate of drug-likeness (QED) is 0.687. The topological polar surface area (TPSA) is 70.7 Å². The molecule has 0 radical (unpaired) electrons. The number of amides is 2. The lowest BCUT2D eigenvalue weighted by atomic mass is 10.0. The summed E-state index contributed by atoms with van der Waals surface area (Å²) in [6.07, 6.45) is 4.59. The Bertz CT molecular complexity index is 918. The fraction of sp³-hybridized carbons (Fsp3) is 0.440. The molecule has 1 heterocycles. The molecule has 164 valence electrons. The molecule has 31 heavy (non-hydrogen) atoms. The van der Waals surface area contributed by atoms with Crippen LogP contribution in [0.3, 0.4) is 0 Å². The van der Waals surface area contributed by atoms with Gasteiger partial charge in [0.15, 0.2) is 0 Å². The first kappa shape index (κ1) is 21.2. The second kappa shape index (κ2) is 9.86. The monoisotopic (exact) mass is 421 g/mol. The summed E-state index contributed by atoms with van der Waals surface area (Å²) in [5.74, 6) is 1.25. The van der Waals surface area contributed by atoms with Crippen LogP contribution in [0.2, 0.25) is 0 Å². The summed E-state index contributed by atoms with van der Waals surface area (Å²) >= 11 is 0. The van der Waals surface area contributed by atoms with Gasteiger partial charge in [0.25, 0.3) is 5.91 Å². The van der Waals surface area contributed by atoms with E-state index >= 15 is 0 Å². The van der Waals surface area contributed by atoms with Crippen molar-refractivity contribution in [2.75, 3.05) is 31.6 Å². The molecular formula is C25H31N3O3. The molecule has 2 N–H and O–H groups in total. The van der Waals surface area contributed by atoms with Crippen molar-refractivity contribution in [3.05, 3.63) is 59.7 Å². The third-order valence-electron chi connectivity index (χ3n) is 6.15. The van der Waals surface area contributed by atoms with E-state index in [4.69, 9.17) is 4.74 Å². The Morgan fingerprint density at radius 3 is 2.45 bits per heavy atom. The minimum atomic E-state index is -0.0605. The van der Waals surface area contributed by atoms with Crippen LogP contribution in [0.25, 0.3) is 0 Å². The SMILES string of the molecule is COc1ccccc1CCNC(=O)c1ccccc1N1CCC(NC(=O)C2CC2)CC1. The van der Waals surface area contributed by atoms with Gasteiger partial charge in [-0.1, -0.05) is 30.3 Å². The lowest BCUT2D eigenvalue weighted by Gasteiger charge is -2.35. The Labute approximate surface area is 184 Å². The Hall–Kier alpha value is -3.02. The van der Waals surface area contributed by atoms with E-state index in [1.54, 1.807) is 7.11 Å². The molecule has 6 heteroatoms. The largest absolute Gasteiger partial charge is 0.496 e. The first-order valence-electron chi connectivity index (χ1n) is 11.2. The molecule has 0 bridgehead atoms. The molecule has 2 fully saturated rings. The van der Waals surface area contributed by atoms with E-state index in [2.05, 4.69) is 15.5 Å². The number of rotatable bonds is 8. The summed E-state index contributed by atoms with van der Waals surface area (Å²) in [6.45, 7) is 2.21. The molecule has 2 aromatic carbocycles. The van der Waals surface area contributed by atoms with Gasteiger partial charge in [-0.05, 0) is 55.9 Å². The van der Waals surface area contributed by atoms with E-state index in [1.807, 2.05) is 48.5 Å². The molecule has 2 aliphatic rings. The summed E-state index contributed by atoms with van der Waals surface area (Å²) in [6, 6.07) is 15.9. The van der Waals surface area contributed by atoms with Crippen LogP contribution in [0.4, 0.5) is 5.69 Å². The molecule has 1 saturated carbocycles. The van der Waals surface area contributed by atoms with Gasteiger partial charge in [0, 0.05) is 37.3 Å². The van der Waals surface area contributed by atoms with Gasteiger partial charge in [0.05, 0.1) is 12.7 Å². The third kappa shape index (κ3) is 5.37. The molecule has 4 rings (SSSR count). The number of carbonyl (C=O) groups is 2. The van der Waals surface area contributed by atoms with E-state index in [1.165, 1.54) is 0 Å². The van der Waals surface area contributed by atoms with Crippen molar-refractivity contribution in [1.29, 1.82) is 0 Å². The summed E-state index contributed by atoms with van der Waals surface area (Å²) in [5.41, 5.74) is 2.74. The van der Waals surface area contributed by atoms with E-state index in [-0.39, 0.29) is 23.8 Å². The molecule has 1 saturated heterocycles. The number of ether oxygens (including phenoxy) is 1. The number of hydrogen-bond donors (Lipinski definition) is 2. The molecule has 2 amide bonds. The fourth-order valence-corrected chi connectivity index (χ4v) is 4.19. The molecule has 6 nitrogen and oxygen atoms in total. The second-order valence-electron chi connectivity index (χ2n) is 8.38. The van der Waals surface area contributed by atoms with Crippen molar-refractivity contribution in [1.82, 2.24) is 10.6 Å². The molecule has 0 atom stereocenters. The highest BCUT2D eigenvalue weighted by Gasteiger charge is 2.32. The Kier molecular flexibility index (Phi) is 6.75. The van der Waals surface area contributed by atoms with Crippen LogP contribution in [0, 0.1) is 5.92 Å². The lowest BCUT2D eigenvalue weighted by molar-refractivity contribution is -0.123. The first-order chi connectivity index (χ1) is 15.2.